The van der Waals surface area contributed by atoms with Crippen molar-refractivity contribution in [1.82, 2.24) is 9.97 Å². The van der Waals surface area contributed by atoms with Gasteiger partial charge < -0.3 is 9.73 Å². The molecule has 1 amide bonds. The molecule has 2 aromatic carbocycles. The van der Waals surface area contributed by atoms with Crippen molar-refractivity contribution >= 4 is 51.7 Å². The smallest absolute Gasteiger partial charge is 0.288 e. The fourth-order valence-electron chi connectivity index (χ4n) is 2.63. The molecule has 2 aromatic heterocycles. The minimum absolute atomic E-state index is 0.0591. The summed E-state index contributed by atoms with van der Waals surface area (Å²) in [5.41, 5.74) is 1.55. The van der Waals surface area contributed by atoms with Crippen molar-refractivity contribution in [3.05, 3.63) is 80.5 Å². The van der Waals surface area contributed by atoms with Gasteiger partial charge in [0.15, 0.2) is 11.2 Å². The zero-order valence-electron chi connectivity index (χ0n) is 14.4. The van der Waals surface area contributed by atoms with Crippen molar-refractivity contribution < 1.29 is 14.1 Å². The second-order valence-electron chi connectivity index (χ2n) is 5.92. The standard InChI is InChI=1S/C19H10Cl2N4O4/c20-12-5-4-11(19-24-17-16(29-19)2-1-7-22-17)8-14(12)23-18(26)10-3-6-13(21)15(9-10)25(27)28/h1-9H,(H,23,26). The lowest BCUT2D eigenvalue weighted by molar-refractivity contribution is -0.384. The Morgan fingerprint density at radius 2 is 1.90 bits per heavy atom. The Morgan fingerprint density at radius 1 is 1.10 bits per heavy atom. The number of fused-ring (bicyclic) bond motifs is 1. The molecule has 0 spiro atoms. The molecule has 0 aliphatic heterocycles. The number of oxazole rings is 1. The van der Waals surface area contributed by atoms with E-state index in [1.807, 2.05) is 0 Å². The van der Waals surface area contributed by atoms with E-state index in [-0.39, 0.29) is 21.3 Å². The summed E-state index contributed by atoms with van der Waals surface area (Å²) in [6.45, 7) is 0. The Bertz CT molecular complexity index is 1240. The predicted octanol–water partition coefficient (Wildman–Crippen LogP) is 5.36. The van der Waals surface area contributed by atoms with Crippen LogP contribution < -0.4 is 5.32 Å². The van der Waals surface area contributed by atoms with E-state index >= 15 is 0 Å². The molecule has 0 atom stereocenters. The van der Waals surface area contributed by atoms with Gasteiger partial charge in [0, 0.05) is 23.4 Å². The second-order valence-corrected chi connectivity index (χ2v) is 6.73. The van der Waals surface area contributed by atoms with Crippen molar-refractivity contribution in [2.75, 3.05) is 5.32 Å². The molecule has 144 valence electrons. The lowest BCUT2D eigenvalue weighted by Gasteiger charge is -2.09. The fraction of sp³-hybridized carbons (Fsp3) is 0. The molecule has 1 N–H and O–H groups in total. The number of pyridine rings is 1. The molecule has 0 aliphatic rings. The van der Waals surface area contributed by atoms with Gasteiger partial charge in [0.25, 0.3) is 11.6 Å². The number of nitrogens with one attached hydrogen (secondary N) is 1. The molecule has 4 aromatic rings. The van der Waals surface area contributed by atoms with Gasteiger partial charge in [-0.05, 0) is 42.5 Å². The number of anilines is 1. The van der Waals surface area contributed by atoms with Crippen LogP contribution in [0.25, 0.3) is 22.7 Å². The summed E-state index contributed by atoms with van der Waals surface area (Å²) >= 11 is 12.0. The van der Waals surface area contributed by atoms with Crippen LogP contribution in [0.4, 0.5) is 11.4 Å². The fourth-order valence-corrected chi connectivity index (χ4v) is 2.99. The Kier molecular flexibility index (Phi) is 4.87. The van der Waals surface area contributed by atoms with Gasteiger partial charge in [-0.1, -0.05) is 23.2 Å². The first kappa shape index (κ1) is 18.9. The van der Waals surface area contributed by atoms with Crippen molar-refractivity contribution in [3.8, 4) is 11.5 Å². The van der Waals surface area contributed by atoms with Crippen LogP contribution in [-0.2, 0) is 0 Å². The van der Waals surface area contributed by atoms with Crippen molar-refractivity contribution in [2.24, 2.45) is 0 Å². The van der Waals surface area contributed by atoms with Gasteiger partial charge in [0.05, 0.1) is 15.6 Å². The summed E-state index contributed by atoms with van der Waals surface area (Å²) < 4.78 is 5.67. The van der Waals surface area contributed by atoms with Gasteiger partial charge in [-0.15, -0.1) is 0 Å². The number of nitro benzene ring substituents is 1. The molecule has 4 rings (SSSR count). The van der Waals surface area contributed by atoms with Crippen molar-refractivity contribution in [3.63, 3.8) is 0 Å². The number of halogens is 2. The number of nitrogens with zero attached hydrogens (tertiary/aromatic N) is 3. The minimum Gasteiger partial charge on any atom is -0.434 e. The normalized spacial score (nSPS) is 10.8. The van der Waals surface area contributed by atoms with Crippen LogP contribution in [-0.4, -0.2) is 20.8 Å². The molecular formula is C19H10Cl2N4O4. The maximum Gasteiger partial charge on any atom is 0.288 e. The van der Waals surface area contributed by atoms with Crippen LogP contribution in [0.15, 0.2) is 59.1 Å². The zero-order valence-corrected chi connectivity index (χ0v) is 15.9. The topological polar surface area (TPSA) is 111 Å². The van der Waals surface area contributed by atoms with E-state index < -0.39 is 10.8 Å². The first-order chi connectivity index (χ1) is 13.9. The zero-order chi connectivity index (χ0) is 20.5. The molecular weight excluding hydrogens is 419 g/mol. The van der Waals surface area contributed by atoms with Crippen LogP contribution in [0, 0.1) is 10.1 Å². The maximum atomic E-state index is 12.6. The van der Waals surface area contributed by atoms with Crippen LogP contribution >= 0.6 is 23.2 Å². The summed E-state index contributed by atoms with van der Waals surface area (Å²) in [4.78, 5) is 31.4. The van der Waals surface area contributed by atoms with E-state index in [1.165, 1.54) is 12.1 Å². The first-order valence-corrected chi connectivity index (χ1v) is 8.95. The van der Waals surface area contributed by atoms with Crippen LogP contribution in [0.5, 0.6) is 0 Å². The van der Waals surface area contributed by atoms with E-state index in [4.69, 9.17) is 27.6 Å². The average Bonchev–Trinajstić information content (AvgIpc) is 3.14. The first-order valence-electron chi connectivity index (χ1n) is 8.19. The summed E-state index contributed by atoms with van der Waals surface area (Å²) in [6, 6.07) is 12.1. The van der Waals surface area contributed by atoms with E-state index in [0.29, 0.717) is 28.4 Å². The monoisotopic (exact) mass is 428 g/mol. The van der Waals surface area contributed by atoms with E-state index in [9.17, 15) is 14.9 Å². The van der Waals surface area contributed by atoms with Crippen LogP contribution in [0.3, 0.4) is 0 Å². The second kappa shape index (κ2) is 7.50. The van der Waals surface area contributed by atoms with Crippen LogP contribution in [0.2, 0.25) is 10.0 Å². The molecule has 0 aliphatic carbocycles. The Hall–Kier alpha value is -3.49. The van der Waals surface area contributed by atoms with Gasteiger partial charge >= 0.3 is 0 Å². The molecule has 0 unspecified atom stereocenters. The lowest BCUT2D eigenvalue weighted by atomic mass is 10.1. The van der Waals surface area contributed by atoms with E-state index in [1.54, 1.807) is 36.5 Å². The number of aromatic nitrogens is 2. The maximum absolute atomic E-state index is 12.6. The molecule has 29 heavy (non-hydrogen) atoms. The number of carbonyl (C=O) groups is 1. The highest BCUT2D eigenvalue weighted by Crippen LogP contribution is 2.31. The predicted molar refractivity (Wildman–Crippen MR) is 108 cm³/mol. The van der Waals surface area contributed by atoms with E-state index in [2.05, 4.69) is 15.3 Å². The largest absolute Gasteiger partial charge is 0.434 e. The summed E-state index contributed by atoms with van der Waals surface area (Å²) in [5.74, 6) is -0.268. The van der Waals surface area contributed by atoms with Gasteiger partial charge in [-0.25, -0.2) is 4.98 Å². The number of rotatable bonds is 4. The highest BCUT2D eigenvalue weighted by Gasteiger charge is 2.18. The van der Waals surface area contributed by atoms with Gasteiger partial charge in [-0.2, -0.15) is 4.98 Å². The third-order valence-electron chi connectivity index (χ3n) is 4.03. The molecule has 8 nitrogen and oxygen atoms in total. The summed E-state index contributed by atoms with van der Waals surface area (Å²) in [5, 5.41) is 13.9. The molecule has 0 saturated carbocycles. The number of hydrogen-bond donors (Lipinski definition) is 1. The number of hydrogen-bond acceptors (Lipinski definition) is 6. The Balaban J connectivity index is 1.65. The van der Waals surface area contributed by atoms with Gasteiger partial charge in [-0.3, -0.25) is 14.9 Å². The van der Waals surface area contributed by atoms with E-state index in [0.717, 1.165) is 6.07 Å². The third kappa shape index (κ3) is 3.75. The molecule has 0 bridgehead atoms. The van der Waals surface area contributed by atoms with Crippen LogP contribution in [0.1, 0.15) is 10.4 Å². The quantitative estimate of drug-likeness (QED) is 0.346. The Labute approximate surface area is 173 Å². The molecule has 0 fully saturated rings. The summed E-state index contributed by atoms with van der Waals surface area (Å²) in [6.07, 6.45) is 1.60. The number of nitro groups is 1. The average molecular weight is 429 g/mol. The SMILES string of the molecule is O=C(Nc1cc(-c2nc3ncccc3o2)ccc1Cl)c1ccc(Cl)c([N+](=O)[O-])c1. The number of benzene rings is 2. The van der Waals surface area contributed by atoms with Gasteiger partial charge in [0.2, 0.25) is 5.89 Å². The molecule has 10 heteroatoms. The third-order valence-corrected chi connectivity index (χ3v) is 4.68. The van der Waals surface area contributed by atoms with Crippen molar-refractivity contribution in [2.45, 2.75) is 0 Å². The lowest BCUT2D eigenvalue weighted by Crippen LogP contribution is -2.12. The summed E-state index contributed by atoms with van der Waals surface area (Å²) in [7, 11) is 0. The van der Waals surface area contributed by atoms with Crippen molar-refractivity contribution in [1.29, 1.82) is 0 Å². The molecule has 2 heterocycles. The molecule has 0 radical (unpaired) electrons. The minimum atomic E-state index is -0.659. The van der Waals surface area contributed by atoms with Gasteiger partial charge in [0.1, 0.15) is 5.02 Å². The highest BCUT2D eigenvalue weighted by atomic mass is 35.5. The number of amides is 1. The molecule has 0 saturated heterocycles. The highest BCUT2D eigenvalue weighted by molar-refractivity contribution is 6.34. The Morgan fingerprint density at radius 3 is 2.66 bits per heavy atom. The number of carbonyl (C=O) groups excluding carboxylic acids is 1.